The van der Waals surface area contributed by atoms with E-state index in [1.54, 1.807) is 12.4 Å². The van der Waals surface area contributed by atoms with Crippen LogP contribution in [0.2, 0.25) is 5.15 Å². The molecule has 1 N–H and O–H groups in total. The molecule has 4 heteroatoms. The molecule has 1 aromatic heterocycles. The molecular weight excluding hydrogens is 212 g/mol. The van der Waals surface area contributed by atoms with Crippen LogP contribution in [0.4, 0.5) is 0 Å². The van der Waals surface area contributed by atoms with Gasteiger partial charge >= 0.3 is 0 Å². The standard InChI is InChI=1S/C11H15ClN2O/c1-10(2)5-11(6-10,7-15)8-9(12)14-4-3-13-8/h3-4,15H,5-7H2,1-2H3. The van der Waals surface area contributed by atoms with Crippen LogP contribution in [-0.2, 0) is 5.41 Å². The highest BCUT2D eigenvalue weighted by atomic mass is 35.5. The molecule has 0 aliphatic heterocycles. The maximum Gasteiger partial charge on any atom is 0.151 e. The molecule has 1 aliphatic carbocycles. The van der Waals surface area contributed by atoms with Crippen molar-refractivity contribution >= 4 is 11.6 Å². The Labute approximate surface area is 94.5 Å². The molecule has 0 amide bonds. The van der Waals surface area contributed by atoms with Gasteiger partial charge in [-0.25, -0.2) is 4.98 Å². The molecule has 0 atom stereocenters. The number of aliphatic hydroxyl groups is 1. The summed E-state index contributed by atoms with van der Waals surface area (Å²) >= 11 is 6.01. The van der Waals surface area contributed by atoms with Crippen molar-refractivity contribution < 1.29 is 5.11 Å². The van der Waals surface area contributed by atoms with E-state index in [1.807, 2.05) is 0 Å². The molecule has 3 nitrogen and oxygen atoms in total. The molecule has 2 rings (SSSR count). The Hall–Kier alpha value is -0.670. The molecule has 1 saturated carbocycles. The zero-order chi connectivity index (χ0) is 11.1. The molecule has 1 heterocycles. The molecule has 0 saturated heterocycles. The maximum absolute atomic E-state index is 9.52. The van der Waals surface area contributed by atoms with Gasteiger partial charge in [0.15, 0.2) is 5.15 Å². The van der Waals surface area contributed by atoms with Crippen LogP contribution in [0.25, 0.3) is 0 Å². The average Bonchev–Trinajstić information content (AvgIpc) is 2.14. The second kappa shape index (κ2) is 3.42. The molecule has 15 heavy (non-hydrogen) atoms. The van der Waals surface area contributed by atoms with E-state index in [-0.39, 0.29) is 17.4 Å². The largest absolute Gasteiger partial charge is 0.395 e. The second-order valence-electron chi connectivity index (χ2n) is 5.15. The molecule has 0 unspecified atom stereocenters. The summed E-state index contributed by atoms with van der Waals surface area (Å²) in [5, 5.41) is 9.94. The number of rotatable bonds is 2. The molecule has 0 bridgehead atoms. The van der Waals surface area contributed by atoms with Crippen LogP contribution in [0.5, 0.6) is 0 Å². The van der Waals surface area contributed by atoms with Crippen LogP contribution in [0.15, 0.2) is 12.4 Å². The summed E-state index contributed by atoms with van der Waals surface area (Å²) in [6, 6.07) is 0. The minimum absolute atomic E-state index is 0.0921. The van der Waals surface area contributed by atoms with Gasteiger partial charge in [0.2, 0.25) is 0 Å². The van der Waals surface area contributed by atoms with Gasteiger partial charge in [-0.05, 0) is 18.3 Å². The van der Waals surface area contributed by atoms with Gasteiger partial charge < -0.3 is 5.11 Å². The van der Waals surface area contributed by atoms with Gasteiger partial charge in [0.1, 0.15) is 0 Å². The highest BCUT2D eigenvalue weighted by molar-refractivity contribution is 6.30. The highest BCUT2D eigenvalue weighted by Gasteiger charge is 2.51. The van der Waals surface area contributed by atoms with E-state index in [0.29, 0.717) is 5.15 Å². The Morgan fingerprint density at radius 3 is 2.40 bits per heavy atom. The monoisotopic (exact) mass is 226 g/mol. The van der Waals surface area contributed by atoms with Crippen LogP contribution in [0.3, 0.4) is 0 Å². The zero-order valence-electron chi connectivity index (χ0n) is 9.00. The smallest absolute Gasteiger partial charge is 0.151 e. The van der Waals surface area contributed by atoms with E-state index in [1.165, 1.54) is 0 Å². The second-order valence-corrected chi connectivity index (χ2v) is 5.51. The first-order valence-electron chi connectivity index (χ1n) is 5.07. The molecule has 82 valence electrons. The fourth-order valence-corrected chi connectivity index (χ4v) is 3.12. The lowest BCUT2D eigenvalue weighted by atomic mass is 9.53. The third-order valence-corrected chi connectivity index (χ3v) is 3.37. The summed E-state index contributed by atoms with van der Waals surface area (Å²) in [6.07, 6.45) is 5.02. The van der Waals surface area contributed by atoms with Crippen molar-refractivity contribution in [2.24, 2.45) is 5.41 Å². The highest BCUT2D eigenvalue weighted by Crippen LogP contribution is 2.55. The molecule has 0 aromatic carbocycles. The fraction of sp³-hybridized carbons (Fsp3) is 0.636. The van der Waals surface area contributed by atoms with Crippen molar-refractivity contribution in [3.63, 3.8) is 0 Å². The minimum Gasteiger partial charge on any atom is -0.395 e. The summed E-state index contributed by atoms with van der Waals surface area (Å²) in [6.45, 7) is 4.46. The lowest BCUT2D eigenvalue weighted by molar-refractivity contribution is 0.00644. The summed E-state index contributed by atoms with van der Waals surface area (Å²) in [7, 11) is 0. The molecule has 1 aromatic rings. The molecule has 1 fully saturated rings. The van der Waals surface area contributed by atoms with E-state index < -0.39 is 0 Å². The molecule has 0 spiro atoms. The Balaban J connectivity index is 2.34. The number of hydrogen-bond donors (Lipinski definition) is 1. The Morgan fingerprint density at radius 2 is 1.93 bits per heavy atom. The van der Waals surface area contributed by atoms with Gasteiger partial charge in [0.05, 0.1) is 12.3 Å². The van der Waals surface area contributed by atoms with Gasteiger partial charge in [-0.1, -0.05) is 25.4 Å². The van der Waals surface area contributed by atoms with Gasteiger partial charge in [0.25, 0.3) is 0 Å². The van der Waals surface area contributed by atoms with E-state index in [4.69, 9.17) is 11.6 Å². The topological polar surface area (TPSA) is 46.0 Å². The molecular formula is C11H15ClN2O. The predicted molar refractivity (Wildman–Crippen MR) is 58.8 cm³/mol. The van der Waals surface area contributed by atoms with Crippen molar-refractivity contribution in [1.29, 1.82) is 0 Å². The third-order valence-electron chi connectivity index (χ3n) is 3.09. The lowest BCUT2D eigenvalue weighted by Crippen LogP contribution is -2.49. The summed E-state index contributed by atoms with van der Waals surface area (Å²) in [5.74, 6) is 0. The Morgan fingerprint density at radius 1 is 1.33 bits per heavy atom. The van der Waals surface area contributed by atoms with Crippen molar-refractivity contribution in [1.82, 2.24) is 9.97 Å². The predicted octanol–water partition coefficient (Wildman–Crippen LogP) is 2.18. The normalized spacial score (nSPS) is 22.1. The summed E-state index contributed by atoms with van der Waals surface area (Å²) in [4.78, 5) is 8.27. The van der Waals surface area contributed by atoms with Crippen LogP contribution in [-0.4, -0.2) is 21.7 Å². The first kappa shape index (κ1) is 10.8. The number of aliphatic hydroxyl groups excluding tert-OH is 1. The first-order chi connectivity index (χ1) is 6.99. The Bertz CT molecular complexity index is 371. The van der Waals surface area contributed by atoms with E-state index in [2.05, 4.69) is 23.8 Å². The average molecular weight is 227 g/mol. The minimum atomic E-state index is -0.269. The van der Waals surface area contributed by atoms with E-state index in [9.17, 15) is 5.11 Å². The number of hydrogen-bond acceptors (Lipinski definition) is 3. The quantitative estimate of drug-likeness (QED) is 0.841. The zero-order valence-corrected chi connectivity index (χ0v) is 9.75. The van der Waals surface area contributed by atoms with Gasteiger partial charge in [0, 0.05) is 17.8 Å². The Kier molecular flexibility index (Phi) is 2.47. The van der Waals surface area contributed by atoms with Gasteiger partial charge in [-0.2, -0.15) is 0 Å². The van der Waals surface area contributed by atoms with Crippen molar-refractivity contribution in [3.8, 4) is 0 Å². The summed E-state index contributed by atoms with van der Waals surface area (Å²) < 4.78 is 0. The van der Waals surface area contributed by atoms with E-state index >= 15 is 0 Å². The molecule has 0 radical (unpaired) electrons. The maximum atomic E-state index is 9.52. The van der Waals surface area contributed by atoms with Crippen molar-refractivity contribution in [3.05, 3.63) is 23.2 Å². The van der Waals surface area contributed by atoms with Gasteiger partial charge in [-0.3, -0.25) is 4.98 Å². The molecule has 1 aliphatic rings. The van der Waals surface area contributed by atoms with Crippen LogP contribution < -0.4 is 0 Å². The number of halogens is 1. The number of aromatic nitrogens is 2. The van der Waals surface area contributed by atoms with Crippen molar-refractivity contribution in [2.45, 2.75) is 32.1 Å². The van der Waals surface area contributed by atoms with Gasteiger partial charge in [-0.15, -0.1) is 0 Å². The summed E-state index contributed by atoms with van der Waals surface area (Å²) in [5.41, 5.74) is 0.742. The third kappa shape index (κ3) is 1.74. The van der Waals surface area contributed by atoms with Crippen molar-refractivity contribution in [2.75, 3.05) is 6.61 Å². The number of nitrogens with zero attached hydrogens (tertiary/aromatic N) is 2. The first-order valence-corrected chi connectivity index (χ1v) is 5.45. The van der Waals surface area contributed by atoms with E-state index in [0.717, 1.165) is 18.5 Å². The lowest BCUT2D eigenvalue weighted by Gasteiger charge is -2.52. The van der Waals surface area contributed by atoms with Crippen LogP contribution >= 0.6 is 11.6 Å². The van der Waals surface area contributed by atoms with Crippen LogP contribution in [0, 0.1) is 5.41 Å². The SMILES string of the molecule is CC1(C)CC(CO)(c2nccnc2Cl)C1. The van der Waals surface area contributed by atoms with Crippen LogP contribution in [0.1, 0.15) is 32.4 Å². The fourth-order valence-electron chi connectivity index (χ4n) is 2.81.